The Kier molecular flexibility index (Phi) is 4.19. The highest BCUT2D eigenvalue weighted by Gasteiger charge is 2.30. The number of aliphatic hydroxyl groups is 1. The molecule has 0 spiro atoms. The number of nitrogens with zero attached hydrogens (tertiary/aromatic N) is 1. The SMILES string of the molecule is O=C(CN1CCCC1=O)NCC1(O)CCOCC1. The zero-order valence-electron chi connectivity index (χ0n) is 10.5. The fourth-order valence-electron chi connectivity index (χ4n) is 2.29. The van der Waals surface area contributed by atoms with Gasteiger partial charge < -0.3 is 20.1 Å². The van der Waals surface area contributed by atoms with Gasteiger partial charge in [-0.3, -0.25) is 9.59 Å². The van der Waals surface area contributed by atoms with Gasteiger partial charge in [0.15, 0.2) is 0 Å². The third-order valence-electron chi connectivity index (χ3n) is 3.54. The predicted molar refractivity (Wildman–Crippen MR) is 63.8 cm³/mol. The fraction of sp³-hybridized carbons (Fsp3) is 0.833. The molecule has 2 aliphatic rings. The quantitative estimate of drug-likeness (QED) is 0.695. The van der Waals surface area contributed by atoms with E-state index >= 15 is 0 Å². The van der Waals surface area contributed by atoms with Crippen molar-refractivity contribution in [1.29, 1.82) is 0 Å². The first kappa shape index (κ1) is 13.3. The molecule has 6 heteroatoms. The van der Waals surface area contributed by atoms with Crippen molar-refractivity contribution in [2.75, 3.05) is 32.8 Å². The maximum atomic E-state index is 11.7. The number of hydrogen-bond donors (Lipinski definition) is 2. The summed E-state index contributed by atoms with van der Waals surface area (Å²) < 4.78 is 5.17. The number of carbonyl (C=O) groups excluding carboxylic acids is 2. The second-order valence-electron chi connectivity index (χ2n) is 5.03. The summed E-state index contributed by atoms with van der Waals surface area (Å²) in [6, 6.07) is 0. The maximum Gasteiger partial charge on any atom is 0.239 e. The van der Waals surface area contributed by atoms with Gasteiger partial charge in [-0.2, -0.15) is 0 Å². The van der Waals surface area contributed by atoms with Gasteiger partial charge in [-0.05, 0) is 6.42 Å². The average molecular weight is 256 g/mol. The van der Waals surface area contributed by atoms with E-state index in [2.05, 4.69) is 5.32 Å². The van der Waals surface area contributed by atoms with E-state index in [9.17, 15) is 14.7 Å². The Morgan fingerprint density at radius 3 is 2.78 bits per heavy atom. The molecule has 6 nitrogen and oxygen atoms in total. The Labute approximate surface area is 106 Å². The first-order valence-electron chi connectivity index (χ1n) is 6.44. The lowest BCUT2D eigenvalue weighted by molar-refractivity contribution is -0.133. The van der Waals surface area contributed by atoms with Crippen LogP contribution in [-0.2, 0) is 14.3 Å². The number of carbonyl (C=O) groups is 2. The van der Waals surface area contributed by atoms with Crippen molar-refractivity contribution >= 4 is 11.8 Å². The van der Waals surface area contributed by atoms with Crippen LogP contribution in [0.15, 0.2) is 0 Å². The molecule has 18 heavy (non-hydrogen) atoms. The van der Waals surface area contributed by atoms with Crippen LogP contribution in [0, 0.1) is 0 Å². The van der Waals surface area contributed by atoms with Crippen molar-refractivity contribution < 1.29 is 19.4 Å². The zero-order chi connectivity index (χ0) is 13.0. The van der Waals surface area contributed by atoms with E-state index in [1.165, 1.54) is 0 Å². The average Bonchev–Trinajstić information content (AvgIpc) is 2.74. The van der Waals surface area contributed by atoms with Crippen LogP contribution in [0.4, 0.5) is 0 Å². The van der Waals surface area contributed by atoms with E-state index in [4.69, 9.17) is 4.74 Å². The molecular weight excluding hydrogens is 236 g/mol. The lowest BCUT2D eigenvalue weighted by Gasteiger charge is -2.32. The number of nitrogens with one attached hydrogen (secondary N) is 1. The smallest absolute Gasteiger partial charge is 0.239 e. The summed E-state index contributed by atoms with van der Waals surface area (Å²) in [6.07, 6.45) is 2.44. The molecule has 2 N–H and O–H groups in total. The van der Waals surface area contributed by atoms with Crippen LogP contribution in [0.2, 0.25) is 0 Å². The fourth-order valence-corrected chi connectivity index (χ4v) is 2.29. The topological polar surface area (TPSA) is 78.9 Å². The van der Waals surface area contributed by atoms with E-state index in [0.717, 1.165) is 6.42 Å². The minimum absolute atomic E-state index is 0.0370. The van der Waals surface area contributed by atoms with Crippen molar-refractivity contribution in [2.24, 2.45) is 0 Å². The predicted octanol–water partition coefficient (Wildman–Crippen LogP) is -0.733. The van der Waals surface area contributed by atoms with Gasteiger partial charge in [0.25, 0.3) is 0 Å². The Bertz CT molecular complexity index is 326. The molecule has 2 saturated heterocycles. The van der Waals surface area contributed by atoms with Crippen molar-refractivity contribution in [3.63, 3.8) is 0 Å². The number of rotatable bonds is 4. The van der Waals surface area contributed by atoms with Crippen LogP contribution in [0.3, 0.4) is 0 Å². The molecule has 0 atom stereocenters. The number of ether oxygens (including phenoxy) is 1. The highest BCUT2D eigenvalue weighted by molar-refractivity contribution is 5.85. The highest BCUT2D eigenvalue weighted by Crippen LogP contribution is 2.19. The van der Waals surface area contributed by atoms with Gasteiger partial charge in [-0.15, -0.1) is 0 Å². The summed E-state index contributed by atoms with van der Waals surface area (Å²) >= 11 is 0. The van der Waals surface area contributed by atoms with Crippen LogP contribution in [0.5, 0.6) is 0 Å². The molecule has 2 aliphatic heterocycles. The molecule has 2 fully saturated rings. The number of hydrogen-bond acceptors (Lipinski definition) is 4. The molecule has 0 saturated carbocycles. The molecule has 0 aromatic heterocycles. The van der Waals surface area contributed by atoms with Crippen molar-refractivity contribution in [2.45, 2.75) is 31.3 Å². The standard InChI is InChI=1S/C12H20N2O4/c15-10(8-14-5-1-2-11(14)16)13-9-12(17)3-6-18-7-4-12/h17H,1-9H2,(H,13,15). The van der Waals surface area contributed by atoms with Gasteiger partial charge in [0.1, 0.15) is 0 Å². The first-order valence-corrected chi connectivity index (χ1v) is 6.44. The molecule has 0 bridgehead atoms. The van der Waals surface area contributed by atoms with Crippen molar-refractivity contribution in [3.05, 3.63) is 0 Å². The van der Waals surface area contributed by atoms with Crippen molar-refractivity contribution in [1.82, 2.24) is 10.2 Å². The molecule has 0 unspecified atom stereocenters. The number of amides is 2. The Balaban J connectivity index is 1.72. The largest absolute Gasteiger partial charge is 0.388 e. The number of likely N-dealkylation sites (tertiary alicyclic amines) is 1. The molecule has 102 valence electrons. The van der Waals surface area contributed by atoms with Crippen LogP contribution in [0.1, 0.15) is 25.7 Å². The lowest BCUT2D eigenvalue weighted by atomic mass is 9.94. The van der Waals surface area contributed by atoms with Gasteiger partial charge in [-0.25, -0.2) is 0 Å². The maximum absolute atomic E-state index is 11.7. The summed E-state index contributed by atoms with van der Waals surface area (Å²) in [5.74, 6) is -0.167. The molecule has 2 amide bonds. The van der Waals surface area contributed by atoms with E-state index in [1.807, 2.05) is 0 Å². The second kappa shape index (κ2) is 5.67. The van der Waals surface area contributed by atoms with E-state index in [0.29, 0.717) is 39.0 Å². The van der Waals surface area contributed by atoms with E-state index in [1.54, 1.807) is 4.90 Å². The van der Waals surface area contributed by atoms with Gasteiger partial charge in [0.05, 0.1) is 12.1 Å². The minimum atomic E-state index is -0.858. The lowest BCUT2D eigenvalue weighted by Crippen LogP contribution is -2.48. The molecule has 0 aromatic carbocycles. The van der Waals surface area contributed by atoms with Crippen LogP contribution < -0.4 is 5.32 Å². The highest BCUT2D eigenvalue weighted by atomic mass is 16.5. The van der Waals surface area contributed by atoms with Crippen LogP contribution >= 0.6 is 0 Å². The van der Waals surface area contributed by atoms with Crippen LogP contribution in [-0.4, -0.2) is 60.3 Å². The third-order valence-corrected chi connectivity index (χ3v) is 3.54. The minimum Gasteiger partial charge on any atom is -0.388 e. The summed E-state index contributed by atoms with van der Waals surface area (Å²) in [7, 11) is 0. The van der Waals surface area contributed by atoms with Gasteiger partial charge >= 0.3 is 0 Å². The Morgan fingerprint density at radius 1 is 1.44 bits per heavy atom. The van der Waals surface area contributed by atoms with Gasteiger partial charge in [-0.1, -0.05) is 0 Å². The molecular formula is C12H20N2O4. The zero-order valence-corrected chi connectivity index (χ0v) is 10.5. The van der Waals surface area contributed by atoms with Gasteiger partial charge in [0, 0.05) is 45.6 Å². The molecule has 0 aliphatic carbocycles. The molecule has 2 heterocycles. The first-order chi connectivity index (χ1) is 8.59. The van der Waals surface area contributed by atoms with Crippen molar-refractivity contribution in [3.8, 4) is 0 Å². The van der Waals surface area contributed by atoms with E-state index < -0.39 is 5.60 Å². The van der Waals surface area contributed by atoms with Crippen LogP contribution in [0.25, 0.3) is 0 Å². The summed E-state index contributed by atoms with van der Waals surface area (Å²) in [4.78, 5) is 24.6. The molecule has 2 rings (SSSR count). The third kappa shape index (κ3) is 3.43. The molecule has 0 aromatic rings. The summed E-state index contributed by atoms with van der Waals surface area (Å²) in [5, 5.41) is 12.9. The normalized spacial score (nSPS) is 23.2. The van der Waals surface area contributed by atoms with E-state index in [-0.39, 0.29) is 24.9 Å². The van der Waals surface area contributed by atoms with Gasteiger partial charge in [0.2, 0.25) is 11.8 Å². The monoisotopic (exact) mass is 256 g/mol. The Hall–Kier alpha value is -1.14. The second-order valence-corrected chi connectivity index (χ2v) is 5.03. The summed E-state index contributed by atoms with van der Waals surface area (Å²) in [5.41, 5.74) is -0.858. The Morgan fingerprint density at radius 2 is 2.17 bits per heavy atom. The summed E-state index contributed by atoms with van der Waals surface area (Å²) in [6.45, 7) is 2.04. The molecule has 0 radical (unpaired) electrons.